The molecule has 0 aromatic heterocycles. The van der Waals surface area contributed by atoms with E-state index in [9.17, 15) is 19.2 Å². The van der Waals surface area contributed by atoms with E-state index in [4.69, 9.17) is 21.1 Å². The van der Waals surface area contributed by atoms with Gasteiger partial charge in [-0.3, -0.25) is 9.59 Å². The van der Waals surface area contributed by atoms with E-state index in [2.05, 4.69) is 20.8 Å². The molecule has 1 saturated carbocycles. The first-order valence-corrected chi connectivity index (χ1v) is 11.9. The summed E-state index contributed by atoms with van der Waals surface area (Å²) >= 11 is 6.40. The summed E-state index contributed by atoms with van der Waals surface area (Å²) in [6.45, 7) is 5.81. The maximum atomic E-state index is 13.0. The third-order valence-electron chi connectivity index (χ3n) is 6.82. The lowest BCUT2D eigenvalue weighted by Crippen LogP contribution is -2.36. The molecule has 0 unspecified atom stereocenters. The Labute approximate surface area is 203 Å². The molecule has 6 nitrogen and oxygen atoms in total. The van der Waals surface area contributed by atoms with Crippen LogP contribution in [0, 0.1) is 17.8 Å². The third kappa shape index (κ3) is 4.51. The molecule has 0 heterocycles. The highest BCUT2D eigenvalue weighted by Gasteiger charge is 2.35. The molecule has 34 heavy (non-hydrogen) atoms. The Hall–Kier alpha value is -2.99. The number of carbonyl (C=O) groups is 4. The SMILES string of the molecule is CC(C)[C@@H]1CC[C@H](C)C[C@@H]1OC(=O)COC(=O)c1ccc2c(c1Cl)C(=O)c1ccccc1C2=O. The first-order chi connectivity index (χ1) is 16.2. The largest absolute Gasteiger partial charge is 0.460 e. The number of rotatable bonds is 5. The summed E-state index contributed by atoms with van der Waals surface area (Å²) in [5.41, 5.74) is 0.553. The Bertz CT molecular complexity index is 1170. The van der Waals surface area contributed by atoms with E-state index < -0.39 is 24.3 Å². The van der Waals surface area contributed by atoms with Crippen molar-refractivity contribution in [1.82, 2.24) is 0 Å². The third-order valence-corrected chi connectivity index (χ3v) is 7.21. The maximum Gasteiger partial charge on any atom is 0.344 e. The molecule has 3 atom stereocenters. The number of fused-ring (bicyclic) bond motifs is 2. The Balaban J connectivity index is 1.47. The molecule has 2 aliphatic carbocycles. The van der Waals surface area contributed by atoms with Gasteiger partial charge in [0.25, 0.3) is 0 Å². The summed E-state index contributed by atoms with van der Waals surface area (Å²) in [6.07, 6.45) is 2.69. The fourth-order valence-corrected chi connectivity index (χ4v) is 5.29. The number of ether oxygens (including phenoxy) is 2. The predicted octanol–water partition coefficient (Wildman–Crippen LogP) is 5.28. The van der Waals surface area contributed by atoms with Crippen molar-refractivity contribution in [3.05, 3.63) is 69.2 Å². The molecule has 0 radical (unpaired) electrons. The molecular weight excluding hydrogens is 456 g/mol. The van der Waals surface area contributed by atoms with Gasteiger partial charge in [0.2, 0.25) is 0 Å². The van der Waals surface area contributed by atoms with Crippen LogP contribution in [0.2, 0.25) is 5.02 Å². The minimum Gasteiger partial charge on any atom is -0.460 e. The maximum absolute atomic E-state index is 13.0. The zero-order valence-electron chi connectivity index (χ0n) is 19.4. The lowest BCUT2D eigenvalue weighted by Gasteiger charge is -2.36. The van der Waals surface area contributed by atoms with Gasteiger partial charge in [-0.2, -0.15) is 0 Å². The molecule has 0 N–H and O–H groups in total. The van der Waals surface area contributed by atoms with Gasteiger partial charge in [0.05, 0.1) is 16.1 Å². The van der Waals surface area contributed by atoms with Crippen molar-refractivity contribution < 1.29 is 28.7 Å². The normalized spacial score (nSPS) is 21.6. The number of benzene rings is 2. The molecule has 2 aliphatic rings. The van der Waals surface area contributed by atoms with Gasteiger partial charge in [-0.1, -0.05) is 63.1 Å². The summed E-state index contributed by atoms with van der Waals surface area (Å²) in [5, 5.41) is -0.162. The monoisotopic (exact) mass is 482 g/mol. The molecule has 178 valence electrons. The van der Waals surface area contributed by atoms with E-state index in [-0.39, 0.29) is 45.1 Å². The van der Waals surface area contributed by atoms with Crippen molar-refractivity contribution in [2.24, 2.45) is 17.8 Å². The average Bonchev–Trinajstić information content (AvgIpc) is 2.80. The van der Waals surface area contributed by atoms with Crippen LogP contribution in [0.15, 0.2) is 36.4 Å². The molecule has 0 bridgehead atoms. The lowest BCUT2D eigenvalue weighted by atomic mass is 9.75. The van der Waals surface area contributed by atoms with Gasteiger partial charge in [0, 0.05) is 16.7 Å². The van der Waals surface area contributed by atoms with Gasteiger partial charge >= 0.3 is 11.9 Å². The second-order valence-electron chi connectivity index (χ2n) is 9.48. The first-order valence-electron chi connectivity index (χ1n) is 11.6. The molecule has 4 rings (SSSR count). The number of esters is 2. The van der Waals surface area contributed by atoms with E-state index in [0.29, 0.717) is 17.4 Å². The van der Waals surface area contributed by atoms with Crippen LogP contribution < -0.4 is 0 Å². The van der Waals surface area contributed by atoms with Crippen molar-refractivity contribution in [1.29, 1.82) is 0 Å². The Morgan fingerprint density at radius 3 is 2.35 bits per heavy atom. The summed E-state index contributed by atoms with van der Waals surface area (Å²) < 4.78 is 10.8. The summed E-state index contributed by atoms with van der Waals surface area (Å²) in [6, 6.07) is 9.19. The number of halogens is 1. The first kappa shape index (κ1) is 24.1. The van der Waals surface area contributed by atoms with E-state index in [0.717, 1.165) is 19.3 Å². The van der Waals surface area contributed by atoms with E-state index in [1.807, 2.05) is 0 Å². The molecule has 0 saturated heterocycles. The van der Waals surface area contributed by atoms with Gasteiger partial charge in [-0.05, 0) is 42.7 Å². The second-order valence-corrected chi connectivity index (χ2v) is 9.86. The van der Waals surface area contributed by atoms with Gasteiger partial charge in [0.1, 0.15) is 6.10 Å². The quantitative estimate of drug-likeness (QED) is 0.460. The van der Waals surface area contributed by atoms with Crippen molar-refractivity contribution in [2.45, 2.75) is 46.1 Å². The number of carbonyl (C=O) groups excluding carboxylic acids is 4. The Morgan fingerprint density at radius 1 is 1.00 bits per heavy atom. The summed E-state index contributed by atoms with van der Waals surface area (Å²) in [4.78, 5) is 50.9. The minimum atomic E-state index is -0.860. The van der Waals surface area contributed by atoms with Crippen LogP contribution in [0.1, 0.15) is 82.2 Å². The zero-order valence-corrected chi connectivity index (χ0v) is 20.2. The topological polar surface area (TPSA) is 86.7 Å². The standard InChI is InChI=1S/C27H27ClO6/c1-14(2)16-9-8-15(3)12-21(16)34-22(29)13-33-27(32)20-11-10-19-23(24(20)28)26(31)18-7-5-4-6-17(18)25(19)30/h4-7,10-11,14-16,21H,8-9,12-13H2,1-3H3/t15-,16-,21-/m0/s1. The fraction of sp³-hybridized carbons (Fsp3) is 0.407. The molecule has 7 heteroatoms. The number of hydrogen-bond donors (Lipinski definition) is 0. The molecule has 2 aromatic carbocycles. The number of hydrogen-bond acceptors (Lipinski definition) is 6. The average molecular weight is 483 g/mol. The van der Waals surface area contributed by atoms with Crippen molar-refractivity contribution in [3.8, 4) is 0 Å². The van der Waals surface area contributed by atoms with Crippen molar-refractivity contribution in [2.75, 3.05) is 6.61 Å². The smallest absolute Gasteiger partial charge is 0.344 e. The molecular formula is C27H27ClO6. The van der Waals surface area contributed by atoms with Crippen molar-refractivity contribution >= 4 is 35.1 Å². The van der Waals surface area contributed by atoms with E-state index >= 15 is 0 Å². The molecule has 2 aromatic rings. The minimum absolute atomic E-state index is 0.0293. The van der Waals surface area contributed by atoms with Crippen molar-refractivity contribution in [3.63, 3.8) is 0 Å². The fourth-order valence-electron chi connectivity index (χ4n) is 4.96. The van der Waals surface area contributed by atoms with Gasteiger partial charge in [-0.15, -0.1) is 0 Å². The number of ketones is 2. The summed E-state index contributed by atoms with van der Waals surface area (Å²) in [7, 11) is 0. The van der Waals surface area contributed by atoms with Crippen LogP contribution in [0.4, 0.5) is 0 Å². The van der Waals surface area contributed by atoms with Crippen LogP contribution in [0.3, 0.4) is 0 Å². The van der Waals surface area contributed by atoms with Crippen LogP contribution in [-0.2, 0) is 14.3 Å². The highest BCUT2D eigenvalue weighted by atomic mass is 35.5. The van der Waals surface area contributed by atoms with Crippen LogP contribution in [0.5, 0.6) is 0 Å². The van der Waals surface area contributed by atoms with Crippen LogP contribution in [-0.4, -0.2) is 36.2 Å². The Kier molecular flexibility index (Phi) is 6.89. The predicted molar refractivity (Wildman–Crippen MR) is 126 cm³/mol. The highest BCUT2D eigenvalue weighted by Crippen LogP contribution is 2.36. The van der Waals surface area contributed by atoms with Gasteiger partial charge in [-0.25, -0.2) is 9.59 Å². The second kappa shape index (κ2) is 9.71. The summed E-state index contributed by atoms with van der Waals surface area (Å²) in [5.74, 6) is -1.12. The Morgan fingerprint density at radius 2 is 1.68 bits per heavy atom. The van der Waals surface area contributed by atoms with E-state index in [1.165, 1.54) is 12.1 Å². The van der Waals surface area contributed by atoms with Gasteiger partial charge in [0.15, 0.2) is 18.2 Å². The molecule has 0 amide bonds. The van der Waals surface area contributed by atoms with Gasteiger partial charge < -0.3 is 9.47 Å². The lowest BCUT2D eigenvalue weighted by molar-refractivity contribution is -0.159. The molecule has 0 spiro atoms. The molecule has 0 aliphatic heterocycles. The molecule has 1 fully saturated rings. The van der Waals surface area contributed by atoms with E-state index in [1.54, 1.807) is 24.3 Å². The van der Waals surface area contributed by atoms with Crippen LogP contribution in [0.25, 0.3) is 0 Å². The highest BCUT2D eigenvalue weighted by molar-refractivity contribution is 6.41. The zero-order chi connectivity index (χ0) is 24.6. The van der Waals surface area contributed by atoms with Crippen LogP contribution >= 0.6 is 11.6 Å².